The molecular weight excluding hydrogens is 262 g/mol. The van der Waals surface area contributed by atoms with Crippen molar-refractivity contribution in [1.82, 2.24) is 15.2 Å². The molecule has 0 aliphatic heterocycles. The van der Waals surface area contributed by atoms with E-state index >= 15 is 0 Å². The summed E-state index contributed by atoms with van der Waals surface area (Å²) in [5.41, 5.74) is 5.65. The van der Waals surface area contributed by atoms with E-state index in [2.05, 4.69) is 39.4 Å². The number of rotatable bonds is 1. The summed E-state index contributed by atoms with van der Waals surface area (Å²) in [6.45, 7) is 0. The van der Waals surface area contributed by atoms with Crippen molar-refractivity contribution in [3.63, 3.8) is 0 Å². The van der Waals surface area contributed by atoms with Gasteiger partial charge in [0.05, 0.1) is 6.20 Å². The molecule has 0 bridgehead atoms. The van der Waals surface area contributed by atoms with Crippen LogP contribution in [0.5, 0.6) is 0 Å². The second-order valence-corrected chi connectivity index (χ2v) is 5.55. The van der Waals surface area contributed by atoms with Crippen molar-refractivity contribution in [2.75, 3.05) is 0 Å². The SMILES string of the molecule is O=C1CCc2ccc(-c3cnc4[nH]ncc4c3)cc2CC1. The maximum atomic E-state index is 11.6. The van der Waals surface area contributed by atoms with Gasteiger partial charge in [-0.3, -0.25) is 9.89 Å². The Bertz CT molecular complexity index is 835. The summed E-state index contributed by atoms with van der Waals surface area (Å²) in [5.74, 6) is 0.370. The van der Waals surface area contributed by atoms with Crippen molar-refractivity contribution in [2.45, 2.75) is 25.7 Å². The van der Waals surface area contributed by atoms with Crippen LogP contribution in [0.2, 0.25) is 0 Å². The monoisotopic (exact) mass is 277 g/mol. The number of benzene rings is 1. The van der Waals surface area contributed by atoms with Crippen molar-refractivity contribution in [1.29, 1.82) is 0 Å². The molecule has 1 N–H and O–H groups in total. The van der Waals surface area contributed by atoms with Crippen molar-refractivity contribution in [3.05, 3.63) is 47.8 Å². The second-order valence-electron chi connectivity index (χ2n) is 5.55. The smallest absolute Gasteiger partial charge is 0.155 e. The number of nitrogens with one attached hydrogen (secondary N) is 1. The second kappa shape index (κ2) is 4.81. The number of carbonyl (C=O) groups is 1. The van der Waals surface area contributed by atoms with Crippen LogP contribution in [0.25, 0.3) is 22.2 Å². The molecule has 2 aromatic heterocycles. The molecule has 2 heterocycles. The number of aryl methyl sites for hydroxylation is 2. The number of aromatic amines is 1. The van der Waals surface area contributed by atoms with Crippen LogP contribution in [0.3, 0.4) is 0 Å². The highest BCUT2D eigenvalue weighted by atomic mass is 16.1. The quantitative estimate of drug-likeness (QED) is 0.695. The summed E-state index contributed by atoms with van der Waals surface area (Å²) in [5, 5.41) is 7.88. The maximum Gasteiger partial charge on any atom is 0.155 e. The zero-order chi connectivity index (χ0) is 14.2. The lowest BCUT2D eigenvalue weighted by atomic mass is 9.97. The Hall–Kier alpha value is -2.49. The standard InChI is InChI=1S/C17H15N3O/c21-16-5-3-11-1-2-13(7-12(11)4-6-16)14-8-15-10-19-20-17(15)18-9-14/h1-2,7-10H,3-6H2,(H,18,19,20). The van der Waals surface area contributed by atoms with Crippen LogP contribution < -0.4 is 0 Å². The summed E-state index contributed by atoms with van der Waals surface area (Å²) in [4.78, 5) is 16.0. The van der Waals surface area contributed by atoms with Crippen molar-refractivity contribution >= 4 is 16.8 Å². The number of Topliss-reactive ketones (excluding diaryl/α,β-unsaturated/α-hetero) is 1. The Morgan fingerprint density at radius 1 is 0.905 bits per heavy atom. The number of ketones is 1. The molecule has 0 unspecified atom stereocenters. The lowest BCUT2D eigenvalue weighted by Crippen LogP contribution is -1.95. The van der Waals surface area contributed by atoms with Crippen LogP contribution in [0.4, 0.5) is 0 Å². The van der Waals surface area contributed by atoms with Gasteiger partial charge in [0.25, 0.3) is 0 Å². The molecule has 1 aliphatic rings. The summed E-state index contributed by atoms with van der Waals surface area (Å²) < 4.78 is 0. The van der Waals surface area contributed by atoms with Gasteiger partial charge in [0.2, 0.25) is 0 Å². The Morgan fingerprint density at radius 2 is 1.76 bits per heavy atom. The molecule has 0 atom stereocenters. The lowest BCUT2D eigenvalue weighted by molar-refractivity contribution is -0.118. The fourth-order valence-corrected chi connectivity index (χ4v) is 2.95. The van der Waals surface area contributed by atoms with Crippen molar-refractivity contribution in [3.8, 4) is 11.1 Å². The van der Waals surface area contributed by atoms with Crippen LogP contribution in [-0.4, -0.2) is 21.0 Å². The molecule has 4 rings (SSSR count). The average molecular weight is 277 g/mol. The molecule has 104 valence electrons. The number of H-pyrrole nitrogens is 1. The third kappa shape index (κ3) is 2.23. The van der Waals surface area contributed by atoms with Gasteiger partial charge < -0.3 is 0 Å². The van der Waals surface area contributed by atoms with E-state index in [0.29, 0.717) is 18.6 Å². The van der Waals surface area contributed by atoms with Gasteiger partial charge in [0.15, 0.2) is 5.65 Å². The Balaban J connectivity index is 1.77. The Kier molecular flexibility index (Phi) is 2.81. The average Bonchev–Trinajstić information content (AvgIpc) is 2.90. The molecule has 0 saturated heterocycles. The molecule has 0 amide bonds. The first-order valence-electron chi connectivity index (χ1n) is 7.22. The van der Waals surface area contributed by atoms with E-state index in [1.54, 1.807) is 6.20 Å². The van der Waals surface area contributed by atoms with E-state index in [1.165, 1.54) is 11.1 Å². The number of nitrogens with zero attached hydrogens (tertiary/aromatic N) is 2. The number of aromatic nitrogens is 3. The molecule has 4 nitrogen and oxygen atoms in total. The number of carbonyl (C=O) groups excluding carboxylic acids is 1. The fourth-order valence-electron chi connectivity index (χ4n) is 2.95. The predicted molar refractivity (Wildman–Crippen MR) is 81.0 cm³/mol. The van der Waals surface area contributed by atoms with E-state index in [4.69, 9.17) is 0 Å². The van der Waals surface area contributed by atoms with E-state index in [-0.39, 0.29) is 0 Å². The van der Waals surface area contributed by atoms with E-state index in [0.717, 1.165) is 35.0 Å². The van der Waals surface area contributed by atoms with Gasteiger partial charge in [-0.2, -0.15) is 5.10 Å². The third-order valence-electron chi connectivity index (χ3n) is 4.18. The summed E-state index contributed by atoms with van der Waals surface area (Å²) >= 11 is 0. The van der Waals surface area contributed by atoms with Crippen molar-refractivity contribution < 1.29 is 4.79 Å². The summed E-state index contributed by atoms with van der Waals surface area (Å²) in [7, 11) is 0. The van der Waals surface area contributed by atoms with Crippen molar-refractivity contribution in [2.24, 2.45) is 0 Å². The first kappa shape index (κ1) is 12.3. The highest BCUT2D eigenvalue weighted by molar-refractivity contribution is 5.81. The van der Waals surface area contributed by atoms with E-state index < -0.39 is 0 Å². The number of hydrogen-bond donors (Lipinski definition) is 1. The molecule has 0 radical (unpaired) electrons. The molecule has 3 aromatic rings. The highest BCUT2D eigenvalue weighted by Gasteiger charge is 2.14. The minimum absolute atomic E-state index is 0.370. The summed E-state index contributed by atoms with van der Waals surface area (Å²) in [6.07, 6.45) is 6.71. The van der Waals surface area contributed by atoms with Gasteiger partial charge in [-0.1, -0.05) is 18.2 Å². The Morgan fingerprint density at radius 3 is 2.67 bits per heavy atom. The molecule has 1 aliphatic carbocycles. The molecule has 1 aromatic carbocycles. The van der Waals surface area contributed by atoms with Gasteiger partial charge in [-0.15, -0.1) is 0 Å². The zero-order valence-electron chi connectivity index (χ0n) is 11.6. The summed E-state index contributed by atoms with van der Waals surface area (Å²) in [6, 6.07) is 8.58. The first-order chi connectivity index (χ1) is 10.3. The fraction of sp³-hybridized carbons (Fsp3) is 0.235. The molecule has 0 fully saturated rings. The number of fused-ring (bicyclic) bond motifs is 2. The predicted octanol–water partition coefficient (Wildman–Crippen LogP) is 3.07. The van der Waals surface area contributed by atoms with Gasteiger partial charge in [-0.25, -0.2) is 4.98 Å². The minimum atomic E-state index is 0.370. The van der Waals surface area contributed by atoms with Gasteiger partial charge >= 0.3 is 0 Å². The van der Waals surface area contributed by atoms with Crippen LogP contribution in [0, 0.1) is 0 Å². The molecule has 0 spiro atoms. The van der Waals surface area contributed by atoms with Crippen LogP contribution >= 0.6 is 0 Å². The largest absolute Gasteiger partial charge is 0.300 e. The van der Waals surface area contributed by atoms with Gasteiger partial charge in [0, 0.05) is 30.0 Å². The molecule has 21 heavy (non-hydrogen) atoms. The Labute approximate surface area is 122 Å². The maximum absolute atomic E-state index is 11.6. The van der Waals surface area contributed by atoms with Gasteiger partial charge in [-0.05, 0) is 35.6 Å². The molecule has 4 heteroatoms. The van der Waals surface area contributed by atoms with Gasteiger partial charge in [0.1, 0.15) is 5.78 Å². The zero-order valence-corrected chi connectivity index (χ0v) is 11.6. The lowest BCUT2D eigenvalue weighted by Gasteiger charge is -2.08. The number of hydrogen-bond acceptors (Lipinski definition) is 3. The first-order valence-corrected chi connectivity index (χ1v) is 7.22. The van der Waals surface area contributed by atoms with Crippen LogP contribution in [0.1, 0.15) is 24.0 Å². The third-order valence-corrected chi connectivity index (χ3v) is 4.18. The van der Waals surface area contributed by atoms with Crippen LogP contribution in [-0.2, 0) is 17.6 Å². The normalized spacial score (nSPS) is 15.0. The van der Waals surface area contributed by atoms with E-state index in [1.807, 2.05) is 6.20 Å². The van der Waals surface area contributed by atoms with E-state index in [9.17, 15) is 4.79 Å². The molecular formula is C17H15N3O. The minimum Gasteiger partial charge on any atom is -0.300 e. The number of pyridine rings is 1. The highest BCUT2D eigenvalue weighted by Crippen LogP contribution is 2.27. The topological polar surface area (TPSA) is 58.6 Å². The molecule has 0 saturated carbocycles. The van der Waals surface area contributed by atoms with Crippen LogP contribution in [0.15, 0.2) is 36.7 Å².